The first-order valence-electron chi connectivity index (χ1n) is 6.73. The molecule has 0 heterocycles. The molecular weight excluding hydrogens is 192 g/mol. The number of fused-ring (bicyclic) bond motifs is 1. The maximum Gasteiger partial charge on any atom is -0.0136 e. The van der Waals surface area contributed by atoms with Gasteiger partial charge in [0.05, 0.1) is 0 Å². The quantitative estimate of drug-likeness (QED) is 0.660. The smallest absolute Gasteiger partial charge is 0.0136 e. The van der Waals surface area contributed by atoms with Gasteiger partial charge >= 0.3 is 0 Å². The number of benzene rings is 1. The fourth-order valence-electron chi connectivity index (χ4n) is 3.15. The van der Waals surface area contributed by atoms with Gasteiger partial charge in [0.25, 0.3) is 0 Å². The maximum absolute atomic E-state index is 2.37. The highest BCUT2D eigenvalue weighted by Gasteiger charge is 2.24. The minimum atomic E-state index is 0.667. The van der Waals surface area contributed by atoms with Gasteiger partial charge in [-0.1, -0.05) is 45.9 Å². The van der Waals surface area contributed by atoms with Crippen LogP contribution in [0.15, 0.2) is 18.2 Å². The predicted octanol–water partition coefficient (Wildman–Crippen LogP) is 4.89. The summed E-state index contributed by atoms with van der Waals surface area (Å²) in [5, 5.41) is 0. The van der Waals surface area contributed by atoms with Gasteiger partial charge in [-0.05, 0) is 53.7 Å². The highest BCUT2D eigenvalue weighted by atomic mass is 14.3. The summed E-state index contributed by atoms with van der Waals surface area (Å²) in [6.45, 7) is 9.35. The molecule has 1 aromatic carbocycles. The minimum absolute atomic E-state index is 0.667. The summed E-state index contributed by atoms with van der Waals surface area (Å²) in [5.41, 5.74) is 4.90. The van der Waals surface area contributed by atoms with E-state index in [1.807, 2.05) is 0 Å². The first kappa shape index (κ1) is 11.7. The summed E-state index contributed by atoms with van der Waals surface area (Å²) in [4.78, 5) is 0. The van der Waals surface area contributed by atoms with Crippen molar-refractivity contribution in [2.45, 2.75) is 58.8 Å². The van der Waals surface area contributed by atoms with Crippen molar-refractivity contribution >= 4 is 0 Å². The van der Waals surface area contributed by atoms with Gasteiger partial charge in [0, 0.05) is 0 Å². The lowest BCUT2D eigenvalue weighted by Crippen LogP contribution is -2.16. The SMILES string of the molecule is CC(C)c1cccc2c1CCCC2C(C)C. The van der Waals surface area contributed by atoms with Gasteiger partial charge in [-0.3, -0.25) is 0 Å². The second kappa shape index (κ2) is 4.61. The minimum Gasteiger partial charge on any atom is -0.0622 e. The van der Waals surface area contributed by atoms with Crippen LogP contribution in [0.25, 0.3) is 0 Å². The summed E-state index contributed by atoms with van der Waals surface area (Å²) in [6, 6.07) is 6.95. The molecule has 1 atom stereocenters. The summed E-state index contributed by atoms with van der Waals surface area (Å²) in [6.07, 6.45) is 4.05. The van der Waals surface area contributed by atoms with E-state index in [2.05, 4.69) is 45.9 Å². The van der Waals surface area contributed by atoms with Crippen LogP contribution in [-0.4, -0.2) is 0 Å². The third kappa shape index (κ3) is 2.03. The Bertz CT molecular complexity index is 360. The average molecular weight is 216 g/mol. The lowest BCUT2D eigenvalue weighted by Gasteiger charge is -2.31. The van der Waals surface area contributed by atoms with E-state index in [1.54, 1.807) is 16.7 Å². The first-order valence-corrected chi connectivity index (χ1v) is 6.73. The molecule has 0 amide bonds. The molecule has 1 unspecified atom stereocenters. The van der Waals surface area contributed by atoms with Crippen LogP contribution in [-0.2, 0) is 6.42 Å². The Kier molecular flexibility index (Phi) is 3.37. The zero-order chi connectivity index (χ0) is 11.7. The molecule has 0 radical (unpaired) electrons. The Labute approximate surface area is 100 Å². The molecule has 0 aromatic heterocycles. The second-order valence-electron chi connectivity index (χ2n) is 5.81. The Morgan fingerprint density at radius 2 is 1.88 bits per heavy atom. The van der Waals surface area contributed by atoms with Crippen molar-refractivity contribution in [3.8, 4) is 0 Å². The van der Waals surface area contributed by atoms with E-state index in [-0.39, 0.29) is 0 Å². The molecule has 2 rings (SSSR count). The fraction of sp³-hybridized carbons (Fsp3) is 0.625. The molecule has 16 heavy (non-hydrogen) atoms. The topological polar surface area (TPSA) is 0 Å². The van der Waals surface area contributed by atoms with E-state index in [4.69, 9.17) is 0 Å². The van der Waals surface area contributed by atoms with E-state index in [0.717, 1.165) is 11.8 Å². The maximum atomic E-state index is 2.37. The molecule has 0 heteroatoms. The predicted molar refractivity (Wildman–Crippen MR) is 71.0 cm³/mol. The number of hydrogen-bond donors (Lipinski definition) is 0. The summed E-state index contributed by atoms with van der Waals surface area (Å²) >= 11 is 0. The van der Waals surface area contributed by atoms with E-state index in [9.17, 15) is 0 Å². The van der Waals surface area contributed by atoms with Gasteiger partial charge in [0.2, 0.25) is 0 Å². The summed E-state index contributed by atoms with van der Waals surface area (Å²) in [5.74, 6) is 2.24. The molecule has 0 saturated carbocycles. The Morgan fingerprint density at radius 3 is 2.50 bits per heavy atom. The Morgan fingerprint density at radius 1 is 1.12 bits per heavy atom. The van der Waals surface area contributed by atoms with Crippen LogP contribution in [0.1, 0.15) is 69.1 Å². The zero-order valence-electron chi connectivity index (χ0n) is 11.1. The van der Waals surface area contributed by atoms with Crippen LogP contribution in [0, 0.1) is 5.92 Å². The van der Waals surface area contributed by atoms with Crippen LogP contribution >= 0.6 is 0 Å². The molecule has 0 spiro atoms. The Hall–Kier alpha value is -0.780. The van der Waals surface area contributed by atoms with Crippen molar-refractivity contribution in [2.75, 3.05) is 0 Å². The molecule has 88 valence electrons. The van der Waals surface area contributed by atoms with Gasteiger partial charge < -0.3 is 0 Å². The molecule has 0 saturated heterocycles. The summed E-state index contributed by atoms with van der Waals surface area (Å²) in [7, 11) is 0. The molecule has 0 aliphatic heterocycles. The van der Waals surface area contributed by atoms with Crippen LogP contribution in [0.5, 0.6) is 0 Å². The van der Waals surface area contributed by atoms with Gasteiger partial charge in [0.15, 0.2) is 0 Å². The van der Waals surface area contributed by atoms with E-state index in [1.165, 1.54) is 19.3 Å². The molecule has 1 aromatic rings. The highest BCUT2D eigenvalue weighted by molar-refractivity contribution is 5.41. The van der Waals surface area contributed by atoms with Crippen molar-refractivity contribution < 1.29 is 0 Å². The molecule has 1 aliphatic carbocycles. The van der Waals surface area contributed by atoms with E-state index < -0.39 is 0 Å². The standard InChI is InChI=1S/C16H24/c1-11(2)13-7-5-10-16-14(12(3)4)8-6-9-15(13)16/h5,7,10-12,14H,6,8-9H2,1-4H3. The van der Waals surface area contributed by atoms with Crippen LogP contribution in [0.4, 0.5) is 0 Å². The van der Waals surface area contributed by atoms with Crippen molar-refractivity contribution in [2.24, 2.45) is 5.92 Å². The van der Waals surface area contributed by atoms with Crippen molar-refractivity contribution in [3.63, 3.8) is 0 Å². The van der Waals surface area contributed by atoms with E-state index in [0.29, 0.717) is 5.92 Å². The largest absolute Gasteiger partial charge is 0.0622 e. The molecule has 0 bridgehead atoms. The average Bonchev–Trinajstić information content (AvgIpc) is 2.27. The zero-order valence-corrected chi connectivity index (χ0v) is 11.1. The highest BCUT2D eigenvalue weighted by Crippen LogP contribution is 2.39. The van der Waals surface area contributed by atoms with Gasteiger partial charge in [-0.15, -0.1) is 0 Å². The molecular formula is C16H24. The first-order chi connectivity index (χ1) is 7.61. The lowest BCUT2D eigenvalue weighted by molar-refractivity contribution is 0.432. The third-order valence-corrected chi connectivity index (χ3v) is 4.02. The monoisotopic (exact) mass is 216 g/mol. The Balaban J connectivity index is 2.46. The van der Waals surface area contributed by atoms with Crippen molar-refractivity contribution in [3.05, 3.63) is 34.9 Å². The second-order valence-corrected chi connectivity index (χ2v) is 5.81. The van der Waals surface area contributed by atoms with Crippen LogP contribution in [0.2, 0.25) is 0 Å². The van der Waals surface area contributed by atoms with Gasteiger partial charge in [-0.2, -0.15) is 0 Å². The van der Waals surface area contributed by atoms with Crippen molar-refractivity contribution in [1.29, 1.82) is 0 Å². The van der Waals surface area contributed by atoms with Gasteiger partial charge in [-0.25, -0.2) is 0 Å². The summed E-state index contributed by atoms with van der Waals surface area (Å²) < 4.78 is 0. The van der Waals surface area contributed by atoms with Crippen LogP contribution in [0.3, 0.4) is 0 Å². The van der Waals surface area contributed by atoms with Crippen molar-refractivity contribution in [1.82, 2.24) is 0 Å². The normalized spacial score (nSPS) is 20.2. The molecule has 1 aliphatic rings. The third-order valence-electron chi connectivity index (χ3n) is 4.02. The number of rotatable bonds is 2. The lowest BCUT2D eigenvalue weighted by atomic mass is 9.74. The molecule has 0 nitrogen and oxygen atoms in total. The van der Waals surface area contributed by atoms with Gasteiger partial charge in [0.1, 0.15) is 0 Å². The molecule has 0 fully saturated rings. The van der Waals surface area contributed by atoms with Crippen LogP contribution < -0.4 is 0 Å². The molecule has 0 N–H and O–H groups in total. The fourth-order valence-corrected chi connectivity index (χ4v) is 3.15. The number of hydrogen-bond acceptors (Lipinski definition) is 0. The van der Waals surface area contributed by atoms with E-state index >= 15 is 0 Å².